The first-order chi connectivity index (χ1) is 6.84. The maximum atomic E-state index is 10.7. The molecule has 0 aromatic carbocycles. The van der Waals surface area contributed by atoms with Crippen LogP contribution in [0.4, 0.5) is 10.6 Å². The van der Waals surface area contributed by atoms with Gasteiger partial charge in [-0.2, -0.15) is 0 Å². The highest BCUT2D eigenvalue weighted by Gasteiger charge is 2.21. The molecule has 1 fully saturated rings. The van der Waals surface area contributed by atoms with E-state index in [-0.39, 0.29) is 12.2 Å². The van der Waals surface area contributed by atoms with E-state index < -0.39 is 0 Å². The second-order valence-corrected chi connectivity index (χ2v) is 2.88. The van der Waals surface area contributed by atoms with Crippen LogP contribution < -0.4 is 10.6 Å². The van der Waals surface area contributed by atoms with Crippen molar-refractivity contribution in [3.63, 3.8) is 0 Å². The summed E-state index contributed by atoms with van der Waals surface area (Å²) in [5, 5.41) is 5.58. The number of cyclic esters (lactones) is 1. The Morgan fingerprint density at radius 2 is 2.57 bits per heavy atom. The zero-order valence-electron chi connectivity index (χ0n) is 7.43. The molecular weight excluding hydrogens is 184 g/mol. The zero-order valence-corrected chi connectivity index (χ0v) is 7.43. The summed E-state index contributed by atoms with van der Waals surface area (Å²) in [5.74, 6) is 0.676. The lowest BCUT2D eigenvalue weighted by molar-refractivity contribution is 0.145. The zero-order chi connectivity index (χ0) is 9.80. The number of hydrogen-bond donors (Lipinski definition) is 2. The number of ether oxygens (including phenoxy) is 1. The van der Waals surface area contributed by atoms with E-state index in [0.29, 0.717) is 18.9 Å². The molecule has 0 saturated carbocycles. The monoisotopic (exact) mass is 194 g/mol. The summed E-state index contributed by atoms with van der Waals surface area (Å²) < 4.78 is 4.92. The van der Waals surface area contributed by atoms with Crippen molar-refractivity contribution in [2.75, 3.05) is 18.4 Å². The molecule has 6 heteroatoms. The minimum absolute atomic E-state index is 0.135. The van der Waals surface area contributed by atoms with Crippen LogP contribution in [0.25, 0.3) is 0 Å². The molecule has 2 N–H and O–H groups in total. The van der Waals surface area contributed by atoms with E-state index in [9.17, 15) is 4.79 Å². The number of nitrogens with zero attached hydrogens (tertiary/aromatic N) is 2. The molecule has 1 unspecified atom stereocenters. The van der Waals surface area contributed by atoms with Crippen molar-refractivity contribution in [3.05, 3.63) is 18.6 Å². The first-order valence-electron chi connectivity index (χ1n) is 4.29. The Bertz CT molecular complexity index is 316. The van der Waals surface area contributed by atoms with E-state index in [1.165, 1.54) is 0 Å². The van der Waals surface area contributed by atoms with E-state index in [1.807, 2.05) is 0 Å². The van der Waals surface area contributed by atoms with Gasteiger partial charge in [-0.25, -0.2) is 9.78 Å². The molecule has 1 aromatic heterocycles. The quantitative estimate of drug-likeness (QED) is 0.708. The number of carbonyl (C=O) groups excluding carboxylic acids is 1. The molecule has 1 saturated heterocycles. The average molecular weight is 194 g/mol. The summed E-state index contributed by atoms with van der Waals surface area (Å²) in [6.45, 7) is 1.07. The lowest BCUT2D eigenvalue weighted by Gasteiger charge is -2.08. The number of carbonyl (C=O) groups is 1. The van der Waals surface area contributed by atoms with Gasteiger partial charge in [0.25, 0.3) is 0 Å². The smallest absolute Gasteiger partial charge is 0.407 e. The lowest BCUT2D eigenvalue weighted by atomic mass is 10.3. The van der Waals surface area contributed by atoms with Crippen molar-refractivity contribution in [1.29, 1.82) is 0 Å². The fraction of sp³-hybridized carbons (Fsp3) is 0.375. The predicted octanol–water partition coefficient (Wildman–Crippen LogP) is -0.00310. The Morgan fingerprint density at radius 3 is 3.21 bits per heavy atom. The van der Waals surface area contributed by atoms with Crippen molar-refractivity contribution < 1.29 is 9.53 Å². The molecule has 0 spiro atoms. The SMILES string of the molecule is O=C1NCC(CNc2cnccn2)O1. The van der Waals surface area contributed by atoms with Crippen LogP contribution in [-0.4, -0.2) is 35.3 Å². The summed E-state index contributed by atoms with van der Waals surface area (Å²) in [7, 11) is 0. The highest BCUT2D eigenvalue weighted by molar-refractivity contribution is 5.69. The molecule has 74 valence electrons. The molecular formula is C8H10N4O2. The largest absolute Gasteiger partial charge is 0.442 e. The third-order valence-electron chi connectivity index (χ3n) is 1.82. The standard InChI is InChI=1S/C8H10N4O2/c13-8-12-4-6(14-8)3-11-7-5-9-1-2-10-7/h1-2,5-6H,3-4H2,(H,10,11)(H,12,13). The van der Waals surface area contributed by atoms with Crippen LogP contribution in [0.1, 0.15) is 0 Å². The van der Waals surface area contributed by atoms with Gasteiger partial charge >= 0.3 is 6.09 Å². The van der Waals surface area contributed by atoms with Crippen LogP contribution >= 0.6 is 0 Å². The van der Waals surface area contributed by atoms with E-state index >= 15 is 0 Å². The Hall–Kier alpha value is -1.85. The number of hydrogen-bond acceptors (Lipinski definition) is 5. The Kier molecular flexibility index (Phi) is 2.44. The summed E-state index contributed by atoms with van der Waals surface area (Å²) in [6, 6.07) is 0. The van der Waals surface area contributed by atoms with Crippen LogP contribution in [0.3, 0.4) is 0 Å². The predicted molar refractivity (Wildman–Crippen MR) is 48.8 cm³/mol. The Labute approximate surface area is 80.7 Å². The highest BCUT2D eigenvalue weighted by atomic mass is 16.6. The molecule has 1 aromatic rings. The average Bonchev–Trinajstić information content (AvgIpc) is 2.63. The minimum Gasteiger partial charge on any atom is -0.442 e. The second-order valence-electron chi connectivity index (χ2n) is 2.88. The van der Waals surface area contributed by atoms with Gasteiger partial charge in [0, 0.05) is 12.4 Å². The van der Waals surface area contributed by atoms with Gasteiger partial charge in [0.1, 0.15) is 11.9 Å². The van der Waals surface area contributed by atoms with Crippen LogP contribution in [0.15, 0.2) is 18.6 Å². The topological polar surface area (TPSA) is 76.1 Å². The van der Waals surface area contributed by atoms with Crippen LogP contribution in [0.2, 0.25) is 0 Å². The van der Waals surface area contributed by atoms with Gasteiger partial charge in [0.15, 0.2) is 0 Å². The van der Waals surface area contributed by atoms with Crippen LogP contribution in [-0.2, 0) is 4.74 Å². The highest BCUT2D eigenvalue weighted by Crippen LogP contribution is 2.02. The molecule has 1 aliphatic rings. The normalized spacial score (nSPS) is 20.0. The van der Waals surface area contributed by atoms with E-state index in [0.717, 1.165) is 0 Å². The third-order valence-corrected chi connectivity index (χ3v) is 1.82. The molecule has 6 nitrogen and oxygen atoms in total. The molecule has 1 amide bonds. The molecule has 1 aliphatic heterocycles. The summed E-state index contributed by atoms with van der Waals surface area (Å²) in [4.78, 5) is 18.6. The van der Waals surface area contributed by atoms with Gasteiger partial charge < -0.3 is 15.4 Å². The van der Waals surface area contributed by atoms with E-state index in [4.69, 9.17) is 4.74 Å². The third kappa shape index (κ3) is 2.09. The number of anilines is 1. The molecule has 1 atom stereocenters. The van der Waals surface area contributed by atoms with Gasteiger partial charge in [-0.1, -0.05) is 0 Å². The molecule has 0 radical (unpaired) electrons. The molecule has 2 rings (SSSR count). The number of rotatable bonds is 3. The Balaban J connectivity index is 1.80. The number of alkyl carbamates (subject to hydrolysis) is 1. The van der Waals surface area contributed by atoms with Crippen molar-refractivity contribution in [1.82, 2.24) is 15.3 Å². The molecule has 0 bridgehead atoms. The number of nitrogens with one attached hydrogen (secondary N) is 2. The van der Waals surface area contributed by atoms with E-state index in [1.54, 1.807) is 18.6 Å². The molecule has 2 heterocycles. The molecule has 0 aliphatic carbocycles. The van der Waals surface area contributed by atoms with Crippen LogP contribution in [0, 0.1) is 0 Å². The molecule has 14 heavy (non-hydrogen) atoms. The second kappa shape index (κ2) is 3.91. The van der Waals surface area contributed by atoms with Crippen molar-refractivity contribution in [2.24, 2.45) is 0 Å². The summed E-state index contributed by atoms with van der Waals surface area (Å²) in [5.41, 5.74) is 0. The first-order valence-corrected chi connectivity index (χ1v) is 4.29. The maximum Gasteiger partial charge on any atom is 0.407 e. The van der Waals surface area contributed by atoms with E-state index in [2.05, 4.69) is 20.6 Å². The van der Waals surface area contributed by atoms with Crippen molar-refractivity contribution in [3.8, 4) is 0 Å². The van der Waals surface area contributed by atoms with Crippen molar-refractivity contribution >= 4 is 11.9 Å². The van der Waals surface area contributed by atoms with Gasteiger partial charge in [-0.15, -0.1) is 0 Å². The Morgan fingerprint density at radius 1 is 1.64 bits per heavy atom. The minimum atomic E-state index is -0.365. The number of aromatic nitrogens is 2. The summed E-state index contributed by atoms with van der Waals surface area (Å²) in [6.07, 6.45) is 4.31. The van der Waals surface area contributed by atoms with Gasteiger partial charge in [-0.3, -0.25) is 4.98 Å². The van der Waals surface area contributed by atoms with Gasteiger partial charge in [-0.05, 0) is 0 Å². The maximum absolute atomic E-state index is 10.7. The van der Waals surface area contributed by atoms with Crippen molar-refractivity contribution in [2.45, 2.75) is 6.10 Å². The first kappa shape index (κ1) is 8.74. The van der Waals surface area contributed by atoms with Gasteiger partial charge in [0.2, 0.25) is 0 Å². The van der Waals surface area contributed by atoms with Crippen LogP contribution in [0.5, 0.6) is 0 Å². The number of amides is 1. The summed E-state index contributed by atoms with van der Waals surface area (Å²) >= 11 is 0. The van der Waals surface area contributed by atoms with Gasteiger partial charge in [0.05, 0.1) is 19.3 Å². The lowest BCUT2D eigenvalue weighted by Crippen LogP contribution is -2.23. The fourth-order valence-corrected chi connectivity index (χ4v) is 1.15. The fourth-order valence-electron chi connectivity index (χ4n) is 1.15.